The van der Waals surface area contributed by atoms with E-state index in [1.165, 1.54) is 6.92 Å². The van der Waals surface area contributed by atoms with Gasteiger partial charge in [-0.3, -0.25) is 14.4 Å². The van der Waals surface area contributed by atoms with Gasteiger partial charge in [-0.05, 0) is 43.7 Å². The Morgan fingerprint density at radius 3 is 2.59 bits per heavy atom. The van der Waals surface area contributed by atoms with E-state index in [1.54, 1.807) is 11.0 Å². The number of aromatic amines is 1. The molecule has 2 fully saturated rings. The van der Waals surface area contributed by atoms with Gasteiger partial charge in [0.05, 0.1) is 11.7 Å². The second kappa shape index (κ2) is 7.84. The van der Waals surface area contributed by atoms with Crippen molar-refractivity contribution in [2.75, 3.05) is 19.6 Å². The number of H-pyrrole nitrogens is 1. The third kappa shape index (κ3) is 4.40. The molecule has 27 heavy (non-hydrogen) atoms. The van der Waals surface area contributed by atoms with E-state index in [1.807, 2.05) is 19.9 Å². The number of hydrogen-bond acceptors (Lipinski definition) is 4. The molecule has 2 saturated heterocycles. The van der Waals surface area contributed by atoms with Crippen molar-refractivity contribution in [1.82, 2.24) is 15.2 Å². The number of carbonyl (C=O) groups excluding carboxylic acids is 2. The second-order valence-corrected chi connectivity index (χ2v) is 8.00. The number of pyridine rings is 1. The molecule has 2 aliphatic rings. The molecule has 0 saturated carbocycles. The Hall–Kier alpha value is -2.15. The van der Waals surface area contributed by atoms with Crippen molar-refractivity contribution in [1.29, 1.82) is 0 Å². The van der Waals surface area contributed by atoms with Crippen LogP contribution in [0.2, 0.25) is 0 Å². The topological polar surface area (TPSA) is 91.5 Å². The zero-order valence-electron chi connectivity index (χ0n) is 16.3. The first kappa shape index (κ1) is 19.6. The number of piperidine rings is 1. The SMILES string of the molecule is CC(=O)NCC1CCC2(CCN(C(=O)c3ccc(C(C)C)[nH]c3=O)CC2)O1. The third-order valence-electron chi connectivity index (χ3n) is 5.66. The Morgan fingerprint density at radius 2 is 2.00 bits per heavy atom. The van der Waals surface area contributed by atoms with Gasteiger partial charge in [0.25, 0.3) is 11.5 Å². The summed E-state index contributed by atoms with van der Waals surface area (Å²) < 4.78 is 6.22. The van der Waals surface area contributed by atoms with E-state index in [2.05, 4.69) is 10.3 Å². The molecule has 2 amide bonds. The van der Waals surface area contributed by atoms with Crippen LogP contribution in [0.25, 0.3) is 0 Å². The molecule has 7 heteroatoms. The maximum atomic E-state index is 12.8. The van der Waals surface area contributed by atoms with Crippen molar-refractivity contribution in [3.05, 3.63) is 33.7 Å². The highest BCUT2D eigenvalue weighted by Crippen LogP contribution is 2.38. The lowest BCUT2D eigenvalue weighted by molar-refractivity contribution is -0.120. The van der Waals surface area contributed by atoms with E-state index in [-0.39, 0.29) is 40.6 Å². The van der Waals surface area contributed by atoms with Gasteiger partial charge in [0, 0.05) is 32.3 Å². The molecule has 2 N–H and O–H groups in total. The fourth-order valence-corrected chi connectivity index (χ4v) is 3.95. The highest BCUT2D eigenvalue weighted by molar-refractivity contribution is 5.93. The molecule has 0 bridgehead atoms. The Kier molecular flexibility index (Phi) is 5.69. The summed E-state index contributed by atoms with van der Waals surface area (Å²) >= 11 is 0. The van der Waals surface area contributed by atoms with Gasteiger partial charge in [-0.25, -0.2) is 0 Å². The van der Waals surface area contributed by atoms with Gasteiger partial charge >= 0.3 is 0 Å². The van der Waals surface area contributed by atoms with Crippen LogP contribution in [-0.2, 0) is 9.53 Å². The summed E-state index contributed by atoms with van der Waals surface area (Å²) in [5.74, 6) is -0.0514. The summed E-state index contributed by atoms with van der Waals surface area (Å²) in [7, 11) is 0. The van der Waals surface area contributed by atoms with Crippen LogP contribution in [0.1, 0.15) is 68.4 Å². The second-order valence-electron chi connectivity index (χ2n) is 8.00. The first-order valence-electron chi connectivity index (χ1n) is 9.74. The van der Waals surface area contributed by atoms with Crippen molar-refractivity contribution in [3.8, 4) is 0 Å². The van der Waals surface area contributed by atoms with Crippen LogP contribution in [-0.4, -0.2) is 53.0 Å². The molecular weight excluding hydrogens is 346 g/mol. The predicted octanol–water partition coefficient (Wildman–Crippen LogP) is 1.79. The third-order valence-corrected chi connectivity index (χ3v) is 5.66. The maximum Gasteiger partial charge on any atom is 0.261 e. The molecule has 1 spiro atoms. The summed E-state index contributed by atoms with van der Waals surface area (Å²) in [6.07, 6.45) is 3.44. The standard InChI is InChI=1S/C20H29N3O4/c1-13(2)17-5-4-16(18(25)22-17)19(26)23-10-8-20(9-11-23)7-6-15(27-20)12-21-14(3)24/h4-5,13,15H,6-12H2,1-3H3,(H,21,24)(H,22,25). The van der Waals surface area contributed by atoms with Crippen LogP contribution in [0.15, 0.2) is 16.9 Å². The largest absolute Gasteiger partial charge is 0.370 e. The molecular formula is C20H29N3O4. The normalized spacial score (nSPS) is 21.6. The highest BCUT2D eigenvalue weighted by Gasteiger charge is 2.43. The Balaban J connectivity index is 1.59. The van der Waals surface area contributed by atoms with Gasteiger partial charge in [-0.2, -0.15) is 0 Å². The molecule has 3 rings (SSSR count). The van der Waals surface area contributed by atoms with Crippen LogP contribution in [0.4, 0.5) is 0 Å². The number of aromatic nitrogens is 1. The fraction of sp³-hybridized carbons (Fsp3) is 0.650. The smallest absolute Gasteiger partial charge is 0.261 e. The van der Waals surface area contributed by atoms with Crippen LogP contribution in [0.3, 0.4) is 0 Å². The molecule has 3 heterocycles. The number of hydrogen-bond donors (Lipinski definition) is 2. The zero-order valence-corrected chi connectivity index (χ0v) is 16.3. The summed E-state index contributed by atoms with van der Waals surface area (Å²) in [6.45, 7) is 7.20. The summed E-state index contributed by atoms with van der Waals surface area (Å²) in [6, 6.07) is 3.45. The lowest BCUT2D eigenvalue weighted by atomic mass is 9.88. The Labute approximate surface area is 159 Å². The van der Waals surface area contributed by atoms with E-state index in [0.29, 0.717) is 19.6 Å². The van der Waals surface area contributed by atoms with Gasteiger partial charge in [0.2, 0.25) is 5.91 Å². The van der Waals surface area contributed by atoms with Crippen LogP contribution < -0.4 is 10.9 Å². The first-order chi connectivity index (χ1) is 12.8. The minimum Gasteiger partial charge on any atom is -0.370 e. The number of ether oxygens (including phenoxy) is 1. The molecule has 148 valence electrons. The van der Waals surface area contributed by atoms with Gasteiger partial charge in [-0.1, -0.05) is 13.8 Å². The molecule has 2 aliphatic heterocycles. The number of nitrogens with zero attached hydrogens (tertiary/aromatic N) is 1. The molecule has 1 unspecified atom stereocenters. The lowest BCUT2D eigenvalue weighted by Crippen LogP contribution is -2.48. The molecule has 0 radical (unpaired) electrons. The number of carbonyl (C=O) groups is 2. The zero-order chi connectivity index (χ0) is 19.6. The van der Waals surface area contributed by atoms with E-state index in [0.717, 1.165) is 31.4 Å². The maximum absolute atomic E-state index is 12.8. The van der Waals surface area contributed by atoms with Crippen molar-refractivity contribution in [3.63, 3.8) is 0 Å². The first-order valence-corrected chi connectivity index (χ1v) is 9.74. The highest BCUT2D eigenvalue weighted by atomic mass is 16.5. The van der Waals surface area contributed by atoms with E-state index >= 15 is 0 Å². The average molecular weight is 375 g/mol. The summed E-state index contributed by atoms with van der Waals surface area (Å²) in [5.41, 5.74) is 0.511. The summed E-state index contributed by atoms with van der Waals surface area (Å²) in [4.78, 5) is 40.7. The van der Waals surface area contributed by atoms with Crippen LogP contribution >= 0.6 is 0 Å². The number of rotatable bonds is 4. The van der Waals surface area contributed by atoms with E-state index in [4.69, 9.17) is 4.74 Å². The van der Waals surface area contributed by atoms with E-state index in [9.17, 15) is 14.4 Å². The summed E-state index contributed by atoms with van der Waals surface area (Å²) in [5, 5.41) is 2.81. The molecule has 0 aromatic carbocycles. The average Bonchev–Trinajstić information content (AvgIpc) is 3.02. The molecule has 1 aromatic heterocycles. The predicted molar refractivity (Wildman–Crippen MR) is 102 cm³/mol. The van der Waals surface area contributed by atoms with E-state index < -0.39 is 0 Å². The van der Waals surface area contributed by atoms with Gasteiger partial charge in [0.15, 0.2) is 0 Å². The van der Waals surface area contributed by atoms with Gasteiger partial charge in [-0.15, -0.1) is 0 Å². The number of nitrogens with one attached hydrogen (secondary N) is 2. The van der Waals surface area contributed by atoms with Crippen molar-refractivity contribution in [2.45, 2.75) is 64.1 Å². The minimum atomic E-state index is -0.320. The van der Waals surface area contributed by atoms with Crippen molar-refractivity contribution < 1.29 is 14.3 Å². The number of likely N-dealkylation sites (tertiary alicyclic amines) is 1. The molecule has 1 aromatic rings. The molecule has 7 nitrogen and oxygen atoms in total. The van der Waals surface area contributed by atoms with Gasteiger partial charge in [0.1, 0.15) is 5.56 Å². The van der Waals surface area contributed by atoms with Crippen LogP contribution in [0, 0.1) is 0 Å². The minimum absolute atomic E-state index is 0.0440. The fourth-order valence-electron chi connectivity index (χ4n) is 3.95. The molecule has 1 atom stereocenters. The lowest BCUT2D eigenvalue weighted by Gasteiger charge is -2.39. The molecule has 0 aliphatic carbocycles. The van der Waals surface area contributed by atoms with Crippen molar-refractivity contribution >= 4 is 11.8 Å². The monoisotopic (exact) mass is 375 g/mol. The van der Waals surface area contributed by atoms with Crippen molar-refractivity contribution in [2.24, 2.45) is 0 Å². The Bertz CT molecular complexity index is 763. The van der Waals surface area contributed by atoms with Gasteiger partial charge < -0.3 is 19.9 Å². The quantitative estimate of drug-likeness (QED) is 0.839. The Morgan fingerprint density at radius 1 is 1.30 bits per heavy atom. The number of amides is 2. The van der Waals surface area contributed by atoms with Crippen LogP contribution in [0.5, 0.6) is 0 Å².